The molecule has 130 valence electrons. The van der Waals surface area contributed by atoms with Crippen LogP contribution in [0.5, 0.6) is 0 Å². The Balaban J connectivity index is 2.08. The smallest absolute Gasteiger partial charge is 0.176 e. The van der Waals surface area contributed by atoms with E-state index in [1.54, 1.807) is 0 Å². The van der Waals surface area contributed by atoms with Gasteiger partial charge in [0.15, 0.2) is 6.29 Å². The molecule has 1 heterocycles. The number of nitrogens with two attached hydrogens (primary N) is 2. The summed E-state index contributed by atoms with van der Waals surface area (Å²) in [7, 11) is 0. The van der Waals surface area contributed by atoms with Crippen molar-refractivity contribution in [3.05, 3.63) is 0 Å². The third-order valence-electron chi connectivity index (χ3n) is 4.24. The quantitative estimate of drug-likeness (QED) is 0.249. The highest BCUT2D eigenvalue weighted by molar-refractivity contribution is 4.98. The minimum absolute atomic E-state index is 0.000537. The highest BCUT2D eigenvalue weighted by atomic mass is 16.7. The van der Waals surface area contributed by atoms with Crippen molar-refractivity contribution in [2.24, 2.45) is 11.5 Å². The summed E-state index contributed by atoms with van der Waals surface area (Å²) in [6, 6.07) is -1.93. The number of hydrogen-bond acceptors (Lipinski definition) is 10. The zero-order valence-electron chi connectivity index (χ0n) is 11.8. The van der Waals surface area contributed by atoms with E-state index >= 15 is 0 Å². The average molecular weight is 324 g/mol. The van der Waals surface area contributed by atoms with Gasteiger partial charge in [0.2, 0.25) is 0 Å². The zero-order chi connectivity index (χ0) is 16.6. The normalized spacial score (nSPS) is 53.5. The van der Waals surface area contributed by atoms with Crippen LogP contribution < -0.4 is 11.5 Å². The molecule has 2 rings (SSSR count). The summed E-state index contributed by atoms with van der Waals surface area (Å²) in [6.45, 7) is -0.564. The van der Waals surface area contributed by atoms with Crippen molar-refractivity contribution < 1.29 is 40.1 Å². The molecular weight excluding hydrogens is 300 g/mol. The maximum Gasteiger partial charge on any atom is 0.176 e. The summed E-state index contributed by atoms with van der Waals surface area (Å²) in [5.74, 6) is 0. The maximum absolute atomic E-state index is 9.96. The highest BCUT2D eigenvalue weighted by Gasteiger charge is 2.48. The Labute approximate surface area is 126 Å². The SMILES string of the molecule is N[C@H]1[C@@H](O[C@H]2[C@H](O)[C@@H](O)[C@H](O)C[C@@H]2N)O[C@H](CO)[C@@H](O)[C@@H]1O. The first-order chi connectivity index (χ1) is 10.3. The summed E-state index contributed by atoms with van der Waals surface area (Å²) in [5, 5.41) is 57.9. The number of aliphatic hydroxyl groups excluding tert-OH is 6. The Hall–Kier alpha value is -0.400. The third kappa shape index (κ3) is 3.26. The Kier molecular flexibility index (Phi) is 5.72. The van der Waals surface area contributed by atoms with E-state index in [1.807, 2.05) is 0 Å². The van der Waals surface area contributed by atoms with Crippen LogP contribution >= 0.6 is 0 Å². The van der Waals surface area contributed by atoms with Crippen molar-refractivity contribution in [3.63, 3.8) is 0 Å². The summed E-state index contributed by atoms with van der Waals surface area (Å²) >= 11 is 0. The summed E-state index contributed by atoms with van der Waals surface area (Å²) in [4.78, 5) is 0. The van der Waals surface area contributed by atoms with Gasteiger partial charge in [-0.2, -0.15) is 0 Å². The molecule has 1 aliphatic carbocycles. The van der Waals surface area contributed by atoms with E-state index in [0.29, 0.717) is 0 Å². The molecule has 0 aromatic rings. The van der Waals surface area contributed by atoms with Crippen molar-refractivity contribution in [2.75, 3.05) is 6.61 Å². The van der Waals surface area contributed by atoms with Gasteiger partial charge in [-0.1, -0.05) is 0 Å². The van der Waals surface area contributed by atoms with Gasteiger partial charge in [-0.05, 0) is 6.42 Å². The monoisotopic (exact) mass is 324 g/mol. The molecule has 1 aliphatic heterocycles. The Morgan fingerprint density at radius 2 is 1.59 bits per heavy atom. The molecule has 1 saturated heterocycles. The number of hydrogen-bond donors (Lipinski definition) is 8. The van der Waals surface area contributed by atoms with Gasteiger partial charge in [-0.3, -0.25) is 0 Å². The van der Waals surface area contributed by atoms with Crippen molar-refractivity contribution in [1.82, 2.24) is 0 Å². The van der Waals surface area contributed by atoms with Crippen LogP contribution in [0.15, 0.2) is 0 Å². The molecule has 10 nitrogen and oxygen atoms in total. The molecule has 10 N–H and O–H groups in total. The van der Waals surface area contributed by atoms with Crippen LogP contribution in [0.3, 0.4) is 0 Å². The average Bonchev–Trinajstić information content (AvgIpc) is 2.49. The van der Waals surface area contributed by atoms with E-state index in [4.69, 9.17) is 26.0 Å². The Morgan fingerprint density at radius 1 is 0.955 bits per heavy atom. The molecule has 10 atom stereocenters. The van der Waals surface area contributed by atoms with Crippen LogP contribution in [0.2, 0.25) is 0 Å². The van der Waals surface area contributed by atoms with Crippen molar-refractivity contribution >= 4 is 0 Å². The van der Waals surface area contributed by atoms with Gasteiger partial charge >= 0.3 is 0 Å². The van der Waals surface area contributed by atoms with E-state index in [9.17, 15) is 25.5 Å². The van der Waals surface area contributed by atoms with Gasteiger partial charge in [-0.15, -0.1) is 0 Å². The molecule has 2 aliphatic rings. The fourth-order valence-electron chi connectivity index (χ4n) is 2.79. The van der Waals surface area contributed by atoms with E-state index in [0.717, 1.165) is 0 Å². The van der Waals surface area contributed by atoms with Crippen molar-refractivity contribution in [1.29, 1.82) is 0 Å². The Morgan fingerprint density at radius 3 is 2.18 bits per heavy atom. The molecule has 1 saturated carbocycles. The summed E-state index contributed by atoms with van der Waals surface area (Å²) < 4.78 is 10.7. The standard InChI is InChI=1S/C12H24N2O8/c13-3-1-4(16)7(17)10(20)11(3)22-12-6(14)9(19)8(18)5(2-15)21-12/h3-12,15-20H,1-2,13-14H2/t3-,4+,5+,6+,7-,8+,9+,10+,11+,12+/m0/s1. The van der Waals surface area contributed by atoms with Crippen LogP contribution in [0.25, 0.3) is 0 Å². The molecule has 0 unspecified atom stereocenters. The fraction of sp³-hybridized carbons (Fsp3) is 1.00. The minimum Gasteiger partial charge on any atom is -0.394 e. The first-order valence-corrected chi connectivity index (χ1v) is 7.11. The Bertz CT molecular complexity index is 373. The van der Waals surface area contributed by atoms with Crippen LogP contribution in [0.1, 0.15) is 6.42 Å². The van der Waals surface area contributed by atoms with Gasteiger partial charge in [0.1, 0.15) is 36.6 Å². The lowest BCUT2D eigenvalue weighted by atomic mass is 9.86. The van der Waals surface area contributed by atoms with Crippen LogP contribution in [-0.2, 0) is 9.47 Å². The second kappa shape index (κ2) is 7.01. The van der Waals surface area contributed by atoms with Gasteiger partial charge in [0.25, 0.3) is 0 Å². The second-order valence-corrected chi connectivity index (χ2v) is 5.83. The summed E-state index contributed by atoms with van der Waals surface area (Å²) in [6.07, 6.45) is -10.3. The van der Waals surface area contributed by atoms with E-state index < -0.39 is 67.7 Å². The lowest BCUT2D eigenvalue weighted by Crippen LogP contribution is -2.66. The zero-order valence-corrected chi connectivity index (χ0v) is 11.8. The molecule has 0 aromatic carbocycles. The van der Waals surface area contributed by atoms with Crippen LogP contribution in [0.4, 0.5) is 0 Å². The molecule has 0 bridgehead atoms. The number of ether oxygens (including phenoxy) is 2. The highest BCUT2D eigenvalue weighted by Crippen LogP contribution is 2.27. The third-order valence-corrected chi connectivity index (χ3v) is 4.24. The van der Waals surface area contributed by atoms with Crippen molar-refractivity contribution in [2.45, 2.75) is 67.5 Å². The predicted octanol–water partition coefficient (Wildman–Crippen LogP) is -5.05. The van der Waals surface area contributed by atoms with Gasteiger partial charge in [-0.25, -0.2) is 0 Å². The lowest BCUT2D eigenvalue weighted by molar-refractivity contribution is -0.296. The molecule has 0 aromatic heterocycles. The molecule has 0 amide bonds. The van der Waals surface area contributed by atoms with Crippen molar-refractivity contribution in [3.8, 4) is 0 Å². The number of rotatable bonds is 3. The second-order valence-electron chi connectivity index (χ2n) is 5.83. The summed E-state index contributed by atoms with van der Waals surface area (Å²) in [5.41, 5.74) is 11.5. The van der Waals surface area contributed by atoms with Gasteiger partial charge < -0.3 is 51.6 Å². The minimum atomic E-state index is -1.47. The molecule has 10 heteroatoms. The molecule has 22 heavy (non-hydrogen) atoms. The maximum atomic E-state index is 9.96. The van der Waals surface area contributed by atoms with E-state index in [1.165, 1.54) is 0 Å². The number of aliphatic hydroxyl groups is 6. The molecule has 0 radical (unpaired) electrons. The molecule has 2 fully saturated rings. The first-order valence-electron chi connectivity index (χ1n) is 7.11. The van der Waals surface area contributed by atoms with E-state index in [-0.39, 0.29) is 6.42 Å². The lowest BCUT2D eigenvalue weighted by Gasteiger charge is -2.45. The van der Waals surface area contributed by atoms with E-state index in [2.05, 4.69) is 0 Å². The first kappa shape index (κ1) is 17.9. The van der Waals surface area contributed by atoms with Crippen LogP contribution in [0, 0.1) is 0 Å². The fourth-order valence-corrected chi connectivity index (χ4v) is 2.79. The molecule has 0 spiro atoms. The van der Waals surface area contributed by atoms with Gasteiger partial charge in [0.05, 0.1) is 18.8 Å². The predicted molar refractivity (Wildman–Crippen MR) is 71.2 cm³/mol. The topological polar surface area (TPSA) is 192 Å². The molecular formula is C12H24N2O8. The van der Waals surface area contributed by atoms with Crippen LogP contribution in [-0.4, -0.2) is 98.3 Å². The largest absolute Gasteiger partial charge is 0.394 e. The van der Waals surface area contributed by atoms with Gasteiger partial charge in [0, 0.05) is 6.04 Å².